The molecule has 0 radical (unpaired) electrons. The van der Waals surface area contributed by atoms with Crippen molar-refractivity contribution in [1.82, 2.24) is 9.97 Å². The van der Waals surface area contributed by atoms with Gasteiger partial charge in [-0.1, -0.05) is 30.3 Å². The highest BCUT2D eigenvalue weighted by atomic mass is 79.9. The second-order valence-corrected chi connectivity index (χ2v) is 6.76. The molecule has 8 heteroatoms. The molecule has 2 heterocycles. The van der Waals surface area contributed by atoms with Crippen LogP contribution in [0.1, 0.15) is 5.56 Å². The van der Waals surface area contributed by atoms with Gasteiger partial charge in [0.05, 0.1) is 14.2 Å². The minimum absolute atomic E-state index is 0.479. The number of aromatic nitrogens is 2. The van der Waals surface area contributed by atoms with E-state index in [0.29, 0.717) is 20.8 Å². The van der Waals surface area contributed by atoms with Crippen molar-refractivity contribution >= 4 is 43.5 Å². The molecule has 2 aromatic heterocycles. The van der Waals surface area contributed by atoms with Crippen molar-refractivity contribution in [1.29, 1.82) is 0 Å². The molecule has 0 amide bonds. The summed E-state index contributed by atoms with van der Waals surface area (Å²) in [6.07, 6.45) is 0. The summed E-state index contributed by atoms with van der Waals surface area (Å²) >= 11 is 6.55. The summed E-state index contributed by atoms with van der Waals surface area (Å²) in [6, 6.07) is 17.4. The first-order chi connectivity index (χ1) is 13.0. The molecule has 0 fully saturated rings. The van der Waals surface area contributed by atoms with Gasteiger partial charge in [-0.2, -0.15) is 0 Å². The van der Waals surface area contributed by atoms with Crippen molar-refractivity contribution < 1.29 is 9.47 Å². The number of ether oxygens (including phenoxy) is 2. The Labute approximate surface area is 175 Å². The van der Waals surface area contributed by atoms with Gasteiger partial charge >= 0.3 is 0 Å². The Morgan fingerprint density at radius 3 is 2.00 bits per heavy atom. The number of nitrogen functional groups attached to an aromatic ring is 1. The minimum atomic E-state index is 0.479. The molecule has 142 valence electrons. The summed E-state index contributed by atoms with van der Waals surface area (Å²) in [4.78, 5) is 8.25. The van der Waals surface area contributed by atoms with E-state index < -0.39 is 0 Å². The number of hydrogen-bond donors (Lipinski definition) is 2. The standard InChI is InChI=1S/C13H13BrN2O.C6H7BrN2O/c1-17-11-7-8-12(16-13(11)14)15-9-10-5-3-2-4-6-10;1-10-4-2-3-5(8)9-6(4)7/h2-8H,9H2,1H3,(H,15,16);2-3H,1H3,(H2,8,9). The van der Waals surface area contributed by atoms with E-state index in [2.05, 4.69) is 59.3 Å². The minimum Gasteiger partial charge on any atom is -0.494 e. The van der Waals surface area contributed by atoms with Crippen LogP contribution in [0.15, 0.2) is 63.8 Å². The lowest BCUT2D eigenvalue weighted by Crippen LogP contribution is -2.01. The molecule has 0 spiro atoms. The second kappa shape index (κ2) is 10.7. The molecule has 0 bridgehead atoms. The van der Waals surface area contributed by atoms with E-state index in [1.54, 1.807) is 26.4 Å². The zero-order chi connectivity index (χ0) is 19.6. The zero-order valence-corrected chi connectivity index (χ0v) is 18.1. The molecule has 0 saturated heterocycles. The van der Waals surface area contributed by atoms with Gasteiger partial charge in [0.1, 0.15) is 20.8 Å². The summed E-state index contributed by atoms with van der Waals surface area (Å²) in [5.74, 6) is 2.72. The fourth-order valence-electron chi connectivity index (χ4n) is 2.05. The summed E-state index contributed by atoms with van der Waals surface area (Å²) in [7, 11) is 3.21. The number of hydrogen-bond acceptors (Lipinski definition) is 6. The highest BCUT2D eigenvalue weighted by molar-refractivity contribution is 9.10. The van der Waals surface area contributed by atoms with Gasteiger partial charge in [-0.25, -0.2) is 9.97 Å². The number of nitrogens with one attached hydrogen (secondary N) is 1. The van der Waals surface area contributed by atoms with E-state index in [1.807, 2.05) is 30.3 Å². The van der Waals surface area contributed by atoms with E-state index in [-0.39, 0.29) is 0 Å². The Morgan fingerprint density at radius 1 is 0.852 bits per heavy atom. The van der Waals surface area contributed by atoms with Gasteiger partial charge in [0.15, 0.2) is 11.5 Å². The molecular weight excluding hydrogens is 476 g/mol. The SMILES string of the molecule is COc1ccc(N)nc1Br.COc1ccc(NCc2ccccc2)nc1Br. The van der Waals surface area contributed by atoms with Crippen LogP contribution >= 0.6 is 31.9 Å². The normalized spacial score (nSPS) is 9.78. The Kier molecular flexibility index (Phi) is 8.35. The summed E-state index contributed by atoms with van der Waals surface area (Å²) in [5, 5.41) is 3.26. The first kappa shape index (κ1) is 21.0. The van der Waals surface area contributed by atoms with Gasteiger partial charge in [0.25, 0.3) is 0 Å². The fourth-order valence-corrected chi connectivity index (χ4v) is 3.03. The van der Waals surface area contributed by atoms with Crippen molar-refractivity contribution in [3.05, 3.63) is 69.4 Å². The van der Waals surface area contributed by atoms with Gasteiger partial charge in [-0.15, -0.1) is 0 Å². The van der Waals surface area contributed by atoms with Gasteiger partial charge in [-0.05, 0) is 61.7 Å². The van der Waals surface area contributed by atoms with E-state index in [1.165, 1.54) is 5.56 Å². The van der Waals surface area contributed by atoms with Crippen molar-refractivity contribution in [2.45, 2.75) is 6.54 Å². The Hall–Kier alpha value is -2.32. The van der Waals surface area contributed by atoms with Gasteiger partial charge in [0.2, 0.25) is 0 Å². The van der Waals surface area contributed by atoms with Crippen LogP contribution in [0.25, 0.3) is 0 Å². The Bertz CT molecular complexity index is 864. The number of nitrogens with two attached hydrogens (primary N) is 1. The fraction of sp³-hybridized carbons (Fsp3) is 0.158. The molecule has 0 aliphatic rings. The van der Waals surface area contributed by atoms with Crippen molar-refractivity contribution in [3.8, 4) is 11.5 Å². The average Bonchev–Trinajstić information content (AvgIpc) is 2.68. The summed E-state index contributed by atoms with van der Waals surface area (Å²) < 4.78 is 11.4. The number of pyridine rings is 2. The summed E-state index contributed by atoms with van der Waals surface area (Å²) in [6.45, 7) is 0.757. The van der Waals surface area contributed by atoms with Crippen LogP contribution in [-0.4, -0.2) is 24.2 Å². The molecule has 0 unspecified atom stereocenters. The van der Waals surface area contributed by atoms with Crippen molar-refractivity contribution in [2.75, 3.05) is 25.3 Å². The van der Waals surface area contributed by atoms with E-state index >= 15 is 0 Å². The topological polar surface area (TPSA) is 82.3 Å². The molecule has 27 heavy (non-hydrogen) atoms. The van der Waals surface area contributed by atoms with Crippen LogP contribution in [0.3, 0.4) is 0 Å². The monoisotopic (exact) mass is 494 g/mol. The number of anilines is 2. The predicted octanol–water partition coefficient (Wildman–Crippen LogP) is 4.90. The molecule has 0 saturated carbocycles. The van der Waals surface area contributed by atoms with Crippen molar-refractivity contribution in [3.63, 3.8) is 0 Å². The summed E-state index contributed by atoms with van der Waals surface area (Å²) in [5.41, 5.74) is 6.61. The quantitative estimate of drug-likeness (QED) is 0.490. The largest absolute Gasteiger partial charge is 0.494 e. The molecule has 6 nitrogen and oxygen atoms in total. The Balaban J connectivity index is 0.000000223. The maximum absolute atomic E-state index is 5.39. The number of rotatable bonds is 5. The van der Waals surface area contributed by atoms with Crippen LogP contribution in [-0.2, 0) is 6.54 Å². The highest BCUT2D eigenvalue weighted by Gasteiger charge is 2.02. The van der Waals surface area contributed by atoms with Gasteiger partial charge < -0.3 is 20.5 Å². The van der Waals surface area contributed by atoms with E-state index in [0.717, 1.165) is 18.1 Å². The predicted molar refractivity (Wildman–Crippen MR) is 115 cm³/mol. The zero-order valence-electron chi connectivity index (χ0n) is 14.9. The molecular formula is C19H20Br2N4O2. The lowest BCUT2D eigenvalue weighted by molar-refractivity contribution is 0.410. The maximum atomic E-state index is 5.39. The molecule has 0 atom stereocenters. The van der Waals surface area contributed by atoms with Crippen LogP contribution in [0.5, 0.6) is 11.5 Å². The van der Waals surface area contributed by atoms with E-state index in [4.69, 9.17) is 15.2 Å². The Morgan fingerprint density at radius 2 is 1.44 bits per heavy atom. The van der Waals surface area contributed by atoms with Gasteiger partial charge in [0, 0.05) is 6.54 Å². The lowest BCUT2D eigenvalue weighted by atomic mass is 10.2. The number of nitrogens with zero attached hydrogens (tertiary/aromatic N) is 2. The molecule has 0 aliphatic heterocycles. The molecule has 1 aromatic carbocycles. The molecule has 3 N–H and O–H groups in total. The van der Waals surface area contributed by atoms with Crippen LogP contribution in [0.4, 0.5) is 11.6 Å². The first-order valence-corrected chi connectivity index (χ1v) is 9.56. The average molecular weight is 496 g/mol. The second-order valence-electron chi connectivity index (χ2n) is 5.26. The van der Waals surface area contributed by atoms with Crippen LogP contribution in [0.2, 0.25) is 0 Å². The number of methoxy groups -OCH3 is 2. The molecule has 0 aliphatic carbocycles. The molecule has 3 aromatic rings. The van der Waals surface area contributed by atoms with Crippen LogP contribution < -0.4 is 20.5 Å². The maximum Gasteiger partial charge on any atom is 0.151 e. The first-order valence-electron chi connectivity index (χ1n) is 7.97. The van der Waals surface area contributed by atoms with E-state index in [9.17, 15) is 0 Å². The number of halogens is 2. The van der Waals surface area contributed by atoms with Crippen LogP contribution in [0, 0.1) is 0 Å². The lowest BCUT2D eigenvalue weighted by Gasteiger charge is -2.08. The number of benzene rings is 1. The third-order valence-electron chi connectivity index (χ3n) is 3.41. The third kappa shape index (κ3) is 6.73. The van der Waals surface area contributed by atoms with Gasteiger partial charge in [-0.3, -0.25) is 0 Å². The molecule has 3 rings (SSSR count). The highest BCUT2D eigenvalue weighted by Crippen LogP contribution is 2.24. The smallest absolute Gasteiger partial charge is 0.151 e. The third-order valence-corrected chi connectivity index (χ3v) is 4.54. The van der Waals surface area contributed by atoms with Crippen molar-refractivity contribution in [2.24, 2.45) is 0 Å².